The van der Waals surface area contributed by atoms with Crippen LogP contribution in [0.1, 0.15) is 19.8 Å². The second-order valence-corrected chi connectivity index (χ2v) is 5.07. The fourth-order valence-corrected chi connectivity index (χ4v) is 0.770. The monoisotopic (exact) mass is 242 g/mol. The van der Waals surface area contributed by atoms with E-state index < -0.39 is 0 Å². The molecule has 0 aromatic heterocycles. The number of halogens is 2. The molecule has 0 radical (unpaired) electrons. The third-order valence-electron chi connectivity index (χ3n) is 0.715. The molecule has 3 heteroatoms. The molecule has 8 heavy (non-hydrogen) atoms. The summed E-state index contributed by atoms with van der Waals surface area (Å²) in [5, 5.41) is 0. The van der Waals surface area contributed by atoms with E-state index in [4.69, 9.17) is 0 Å². The van der Waals surface area contributed by atoms with Crippen molar-refractivity contribution in [3.63, 3.8) is 0 Å². The number of hydrogen-bond donors (Lipinski definition) is 0. The lowest BCUT2D eigenvalue weighted by molar-refractivity contribution is -0.117. The summed E-state index contributed by atoms with van der Waals surface area (Å²) in [7, 11) is 0. The van der Waals surface area contributed by atoms with Crippen LogP contribution in [-0.4, -0.2) is 9.52 Å². The Morgan fingerprint density at radius 2 is 2.12 bits per heavy atom. The number of alkyl halides is 2. The van der Waals surface area contributed by atoms with Crippen LogP contribution in [0.3, 0.4) is 0 Å². The van der Waals surface area contributed by atoms with E-state index in [2.05, 4.69) is 31.9 Å². The Morgan fingerprint density at radius 3 is 2.25 bits per heavy atom. The predicted molar refractivity (Wildman–Crippen MR) is 41.6 cm³/mol. The summed E-state index contributed by atoms with van der Waals surface area (Å²) in [6, 6.07) is 0. The molecule has 0 aromatic rings. The first-order valence-electron chi connectivity index (χ1n) is 2.40. The highest BCUT2D eigenvalue weighted by molar-refractivity contribution is 9.24. The van der Waals surface area contributed by atoms with Gasteiger partial charge in [0.25, 0.3) is 0 Å². The van der Waals surface area contributed by atoms with Gasteiger partial charge < -0.3 is 4.79 Å². The first kappa shape index (κ1) is 8.63. The van der Waals surface area contributed by atoms with Crippen molar-refractivity contribution in [2.75, 3.05) is 0 Å². The molecule has 0 aliphatic heterocycles. The van der Waals surface area contributed by atoms with Crippen molar-refractivity contribution >= 4 is 37.6 Å². The van der Waals surface area contributed by atoms with Crippen molar-refractivity contribution in [1.29, 1.82) is 0 Å². The van der Waals surface area contributed by atoms with Crippen LogP contribution in [-0.2, 0) is 4.79 Å². The molecule has 0 saturated heterocycles. The maximum absolute atomic E-state index is 10.3. The van der Waals surface area contributed by atoms with Crippen molar-refractivity contribution in [1.82, 2.24) is 0 Å². The van der Waals surface area contributed by atoms with E-state index in [1.54, 1.807) is 6.92 Å². The Balaban J connectivity index is 3.05. The molecule has 0 saturated carbocycles. The van der Waals surface area contributed by atoms with E-state index in [9.17, 15) is 4.79 Å². The molecular weight excluding hydrogens is 236 g/mol. The second-order valence-electron chi connectivity index (χ2n) is 1.63. The molecule has 1 nitrogen and oxygen atoms in total. The van der Waals surface area contributed by atoms with E-state index in [1.807, 2.05) is 0 Å². The minimum absolute atomic E-state index is 0.244. The molecule has 0 N–H and O–H groups in total. The lowest BCUT2D eigenvalue weighted by Gasteiger charge is -1.94. The van der Waals surface area contributed by atoms with E-state index in [0.29, 0.717) is 10.2 Å². The second kappa shape index (κ2) is 4.50. The van der Waals surface area contributed by atoms with Gasteiger partial charge in [0.1, 0.15) is 5.78 Å². The minimum atomic E-state index is 0.244. The number of carbonyl (C=O) groups is 1. The topological polar surface area (TPSA) is 17.1 Å². The Kier molecular flexibility index (Phi) is 4.86. The van der Waals surface area contributed by atoms with Crippen molar-refractivity contribution in [2.24, 2.45) is 0 Å². The summed E-state index contributed by atoms with van der Waals surface area (Å²) < 4.78 is 0.291. The quantitative estimate of drug-likeness (QED) is 0.697. The molecule has 48 valence electrons. The molecule has 0 aromatic carbocycles. The smallest absolute Gasteiger partial charge is 0.129 e. The molecule has 0 fully saturated rings. The zero-order valence-corrected chi connectivity index (χ0v) is 7.83. The average Bonchev–Trinajstić information content (AvgIpc) is 1.61. The predicted octanol–water partition coefficient (Wildman–Crippen LogP) is 2.47. The fourth-order valence-electron chi connectivity index (χ4n) is 0.312. The lowest BCUT2D eigenvalue weighted by atomic mass is 10.3. The molecular formula is C5H8Br2O. The van der Waals surface area contributed by atoms with Crippen LogP contribution in [0.4, 0.5) is 0 Å². The highest BCUT2D eigenvalue weighted by Crippen LogP contribution is 2.14. The van der Waals surface area contributed by atoms with Gasteiger partial charge in [0.05, 0.1) is 3.74 Å². The third-order valence-corrected chi connectivity index (χ3v) is 1.63. The number of rotatable bonds is 3. The molecule has 0 atom stereocenters. The lowest BCUT2D eigenvalue weighted by Crippen LogP contribution is -1.92. The summed E-state index contributed by atoms with van der Waals surface area (Å²) in [5.74, 6) is 0.244. The first-order valence-corrected chi connectivity index (χ1v) is 4.23. The zero-order valence-electron chi connectivity index (χ0n) is 4.66. The summed E-state index contributed by atoms with van der Waals surface area (Å²) in [5.41, 5.74) is 0. The Bertz CT molecular complexity index is 80.5. The number of hydrogen-bond acceptors (Lipinski definition) is 1. The molecule has 0 spiro atoms. The zero-order chi connectivity index (χ0) is 6.57. The van der Waals surface area contributed by atoms with E-state index in [-0.39, 0.29) is 5.78 Å². The first-order chi connectivity index (χ1) is 3.63. The molecule has 0 bridgehead atoms. The van der Waals surface area contributed by atoms with Crippen LogP contribution in [0.5, 0.6) is 0 Å². The van der Waals surface area contributed by atoms with Crippen LogP contribution in [0.2, 0.25) is 0 Å². The molecule has 0 aliphatic carbocycles. The molecule has 0 amide bonds. The van der Waals surface area contributed by atoms with Gasteiger partial charge in [-0.05, 0) is 13.3 Å². The van der Waals surface area contributed by atoms with Gasteiger partial charge in [-0.3, -0.25) is 0 Å². The Labute approximate surface area is 66.1 Å². The number of carbonyl (C=O) groups excluding carboxylic acids is 1. The van der Waals surface area contributed by atoms with Crippen LogP contribution in [0, 0.1) is 0 Å². The van der Waals surface area contributed by atoms with Gasteiger partial charge in [0.2, 0.25) is 0 Å². The standard InChI is InChI=1S/C5H8Br2O/c1-4(8)2-3-5(6)7/h5H,2-3H2,1H3. The van der Waals surface area contributed by atoms with Gasteiger partial charge in [0, 0.05) is 6.42 Å². The Morgan fingerprint density at radius 1 is 1.62 bits per heavy atom. The van der Waals surface area contributed by atoms with Gasteiger partial charge >= 0.3 is 0 Å². The largest absolute Gasteiger partial charge is 0.300 e. The molecule has 0 aliphatic rings. The summed E-state index contributed by atoms with van der Waals surface area (Å²) in [4.78, 5) is 10.3. The maximum atomic E-state index is 10.3. The normalized spacial score (nSPS) is 10.0. The SMILES string of the molecule is CC(=O)CCC(Br)Br. The summed E-state index contributed by atoms with van der Waals surface area (Å²) in [6.07, 6.45) is 1.52. The Hall–Kier alpha value is 0.630. The molecule has 0 unspecified atom stereocenters. The van der Waals surface area contributed by atoms with E-state index in [0.717, 1.165) is 6.42 Å². The van der Waals surface area contributed by atoms with Crippen molar-refractivity contribution in [3.8, 4) is 0 Å². The number of ketones is 1. The van der Waals surface area contributed by atoms with Crippen molar-refractivity contribution < 1.29 is 4.79 Å². The third kappa shape index (κ3) is 6.63. The van der Waals surface area contributed by atoms with Crippen molar-refractivity contribution in [2.45, 2.75) is 23.5 Å². The summed E-state index contributed by atoms with van der Waals surface area (Å²) in [6.45, 7) is 1.60. The van der Waals surface area contributed by atoms with Gasteiger partial charge in [-0.2, -0.15) is 0 Å². The maximum Gasteiger partial charge on any atom is 0.129 e. The van der Waals surface area contributed by atoms with Crippen LogP contribution in [0.25, 0.3) is 0 Å². The minimum Gasteiger partial charge on any atom is -0.300 e. The fraction of sp³-hybridized carbons (Fsp3) is 0.800. The highest BCUT2D eigenvalue weighted by atomic mass is 79.9. The van der Waals surface area contributed by atoms with Crippen LogP contribution in [0.15, 0.2) is 0 Å². The van der Waals surface area contributed by atoms with Gasteiger partial charge in [-0.1, -0.05) is 31.9 Å². The van der Waals surface area contributed by atoms with Crippen LogP contribution >= 0.6 is 31.9 Å². The molecule has 0 heterocycles. The average molecular weight is 244 g/mol. The van der Waals surface area contributed by atoms with E-state index in [1.165, 1.54) is 0 Å². The van der Waals surface area contributed by atoms with Crippen LogP contribution < -0.4 is 0 Å². The van der Waals surface area contributed by atoms with Gasteiger partial charge in [-0.15, -0.1) is 0 Å². The van der Waals surface area contributed by atoms with Gasteiger partial charge in [-0.25, -0.2) is 0 Å². The van der Waals surface area contributed by atoms with Gasteiger partial charge in [0.15, 0.2) is 0 Å². The highest BCUT2D eigenvalue weighted by Gasteiger charge is 1.98. The molecule has 0 rings (SSSR count). The number of Topliss-reactive ketones (excluding diaryl/α,β-unsaturated/α-hetero) is 1. The van der Waals surface area contributed by atoms with E-state index >= 15 is 0 Å². The van der Waals surface area contributed by atoms with Crippen molar-refractivity contribution in [3.05, 3.63) is 0 Å². The summed E-state index contributed by atoms with van der Waals surface area (Å²) >= 11 is 6.53.